The largest absolute Gasteiger partial charge is 0.455 e. The van der Waals surface area contributed by atoms with Gasteiger partial charge >= 0.3 is 0 Å². The minimum absolute atomic E-state index is 0.0525. The zero-order chi connectivity index (χ0) is 30.7. The molecule has 0 aliphatic heterocycles. The third-order valence-corrected chi connectivity index (χ3v) is 6.39. The first kappa shape index (κ1) is 17.3. The van der Waals surface area contributed by atoms with Crippen molar-refractivity contribution in [3.63, 3.8) is 0 Å². The Kier molecular flexibility index (Phi) is 4.23. The number of aromatic nitrogens is 1. The zero-order valence-electron chi connectivity index (χ0n) is 27.1. The van der Waals surface area contributed by atoms with Gasteiger partial charge in [0.1, 0.15) is 11.2 Å². The third-order valence-electron chi connectivity index (χ3n) is 6.39. The van der Waals surface area contributed by atoms with E-state index in [0.717, 1.165) is 33.0 Å². The Balaban J connectivity index is 1.54. The molecule has 2 heterocycles. The van der Waals surface area contributed by atoms with E-state index in [-0.39, 0.29) is 22.7 Å². The number of furan rings is 1. The molecule has 0 fully saturated rings. The fraction of sp³-hybridized carbons (Fsp3) is 0.171. The molecule has 0 saturated heterocycles. The van der Waals surface area contributed by atoms with Crippen molar-refractivity contribution in [3.8, 4) is 33.5 Å². The van der Waals surface area contributed by atoms with Crippen LogP contribution < -0.4 is 0 Å². The standard InChI is InChI=1S/C35H31NO/c1-23-20-24(22-35(2,3)4)16-17-27(23)26-18-19-36-32(21-26)31-15-9-14-30-29-13-8-12-28(33(29)37-34(30)31)25-10-6-5-7-11-25/h5-21H,22H2,1-4H3/i1D3,17D,22D2. The molecule has 0 amide bonds. The Morgan fingerprint density at radius 2 is 1.51 bits per heavy atom. The van der Waals surface area contributed by atoms with Crippen molar-refractivity contribution in [3.05, 3.63) is 114 Å². The summed E-state index contributed by atoms with van der Waals surface area (Å²) in [6.07, 6.45) is -0.243. The molecule has 0 N–H and O–H groups in total. The maximum atomic E-state index is 8.88. The monoisotopic (exact) mass is 487 g/mol. The van der Waals surface area contributed by atoms with Crippen LogP contribution in [0, 0.1) is 12.3 Å². The van der Waals surface area contributed by atoms with Crippen molar-refractivity contribution >= 4 is 21.9 Å². The Morgan fingerprint density at radius 1 is 0.784 bits per heavy atom. The Labute approximate surface area is 227 Å². The fourth-order valence-corrected chi connectivity index (χ4v) is 4.84. The number of hydrogen-bond acceptors (Lipinski definition) is 2. The van der Waals surface area contributed by atoms with E-state index in [1.807, 2.05) is 66.7 Å². The van der Waals surface area contributed by atoms with Crippen LogP contribution in [-0.2, 0) is 6.37 Å². The second-order valence-corrected chi connectivity index (χ2v) is 10.3. The summed E-state index contributed by atoms with van der Waals surface area (Å²) in [5.74, 6) is 0. The van der Waals surface area contributed by atoms with Crippen LogP contribution in [-0.4, -0.2) is 4.98 Å². The maximum Gasteiger partial charge on any atom is 0.144 e. The summed E-state index contributed by atoms with van der Waals surface area (Å²) in [7, 11) is 0. The highest BCUT2D eigenvalue weighted by atomic mass is 16.3. The Bertz CT molecular complexity index is 1980. The second-order valence-electron chi connectivity index (χ2n) is 10.3. The number of nitrogens with zero attached hydrogens (tertiary/aromatic N) is 1. The summed E-state index contributed by atoms with van der Waals surface area (Å²) >= 11 is 0. The molecule has 0 radical (unpaired) electrons. The van der Waals surface area contributed by atoms with Gasteiger partial charge < -0.3 is 4.42 Å². The highest BCUT2D eigenvalue weighted by Gasteiger charge is 2.17. The van der Waals surface area contributed by atoms with Gasteiger partial charge in [-0.1, -0.05) is 99.6 Å². The molecule has 0 spiro atoms. The van der Waals surface area contributed by atoms with Crippen LogP contribution in [0.25, 0.3) is 55.4 Å². The molecule has 0 saturated carbocycles. The van der Waals surface area contributed by atoms with Gasteiger partial charge in [0.15, 0.2) is 0 Å². The number of rotatable bonds is 4. The summed E-state index contributed by atoms with van der Waals surface area (Å²) < 4.78 is 57.7. The van der Waals surface area contributed by atoms with E-state index in [4.69, 9.17) is 12.6 Å². The molecule has 37 heavy (non-hydrogen) atoms. The van der Waals surface area contributed by atoms with Crippen molar-refractivity contribution in [2.75, 3.05) is 0 Å². The first-order valence-electron chi connectivity index (χ1n) is 15.4. The topological polar surface area (TPSA) is 26.0 Å². The van der Waals surface area contributed by atoms with E-state index in [0.29, 0.717) is 16.8 Å². The summed E-state index contributed by atoms with van der Waals surface area (Å²) in [5, 5.41) is 1.92. The molecule has 0 aliphatic carbocycles. The molecule has 4 aromatic carbocycles. The number of hydrogen-bond donors (Lipinski definition) is 0. The molecule has 0 unspecified atom stereocenters. The Hall–Kier alpha value is -4.17. The molecule has 6 aromatic rings. The third kappa shape index (κ3) is 4.44. The number of pyridine rings is 1. The summed E-state index contributed by atoms with van der Waals surface area (Å²) in [6.45, 7) is 2.72. The van der Waals surface area contributed by atoms with Gasteiger partial charge in [-0.3, -0.25) is 4.98 Å². The maximum absolute atomic E-state index is 8.88. The van der Waals surface area contributed by atoms with Crippen molar-refractivity contribution < 1.29 is 12.6 Å². The molecule has 2 aromatic heterocycles. The first-order valence-corrected chi connectivity index (χ1v) is 12.4. The molecule has 2 nitrogen and oxygen atoms in total. The summed E-state index contributed by atoms with van der Waals surface area (Å²) in [5.41, 5.74) is 4.86. The average molecular weight is 488 g/mol. The lowest BCUT2D eigenvalue weighted by atomic mass is 9.86. The van der Waals surface area contributed by atoms with E-state index in [9.17, 15) is 0 Å². The van der Waals surface area contributed by atoms with Gasteiger partial charge in [0.2, 0.25) is 0 Å². The minimum Gasteiger partial charge on any atom is -0.455 e. The highest BCUT2D eigenvalue weighted by molar-refractivity contribution is 6.12. The lowest BCUT2D eigenvalue weighted by Crippen LogP contribution is -2.09. The lowest BCUT2D eigenvalue weighted by Gasteiger charge is -2.19. The normalized spacial score (nSPS) is 15.0. The van der Waals surface area contributed by atoms with Crippen LogP contribution in [0.2, 0.25) is 0 Å². The zero-order valence-corrected chi connectivity index (χ0v) is 21.1. The van der Waals surface area contributed by atoms with Crippen LogP contribution in [0.1, 0.15) is 40.1 Å². The quantitative estimate of drug-likeness (QED) is 0.247. The van der Waals surface area contributed by atoms with Gasteiger partial charge in [-0.05, 0) is 64.7 Å². The molecular formula is C35H31NO. The number of fused-ring (bicyclic) bond motifs is 3. The summed E-state index contributed by atoms with van der Waals surface area (Å²) in [4.78, 5) is 4.62. The smallest absolute Gasteiger partial charge is 0.144 e. The van der Waals surface area contributed by atoms with Gasteiger partial charge in [-0.2, -0.15) is 0 Å². The average Bonchev–Trinajstić information content (AvgIpc) is 3.35. The molecule has 0 aliphatic rings. The first-order chi connectivity index (χ1) is 20.3. The molecule has 0 atom stereocenters. The molecular weight excluding hydrogens is 450 g/mol. The van der Waals surface area contributed by atoms with Gasteiger partial charge in [0.25, 0.3) is 0 Å². The van der Waals surface area contributed by atoms with Crippen molar-refractivity contribution in [2.45, 2.75) is 34.0 Å². The Morgan fingerprint density at radius 3 is 2.24 bits per heavy atom. The molecule has 6 rings (SSSR count). The SMILES string of the molecule is [2H]c1cc(C([2H])([2H])C(C)(C)C)cc(C([2H])([2H])[2H])c1-c1ccnc(-c2cccc3c2oc2c(-c4ccccc4)cccc23)c1. The van der Waals surface area contributed by atoms with E-state index in [1.165, 1.54) is 12.1 Å². The van der Waals surface area contributed by atoms with E-state index in [1.54, 1.807) is 39.1 Å². The lowest BCUT2D eigenvalue weighted by molar-refractivity contribution is 0.411. The van der Waals surface area contributed by atoms with Crippen molar-refractivity contribution in [1.29, 1.82) is 0 Å². The van der Waals surface area contributed by atoms with Gasteiger partial charge in [-0.25, -0.2) is 0 Å². The van der Waals surface area contributed by atoms with E-state index in [2.05, 4.69) is 4.98 Å². The van der Waals surface area contributed by atoms with Crippen LogP contribution in [0.15, 0.2) is 108 Å². The number of benzene rings is 4. The predicted octanol–water partition coefficient (Wildman–Crippen LogP) is 9.88. The predicted molar refractivity (Wildman–Crippen MR) is 156 cm³/mol. The van der Waals surface area contributed by atoms with Crippen LogP contribution in [0.5, 0.6) is 0 Å². The second kappa shape index (κ2) is 9.05. The van der Waals surface area contributed by atoms with Gasteiger partial charge in [0.05, 0.1) is 7.06 Å². The molecule has 2 heteroatoms. The van der Waals surface area contributed by atoms with Crippen LogP contribution in [0.4, 0.5) is 0 Å². The van der Waals surface area contributed by atoms with Crippen LogP contribution in [0.3, 0.4) is 0 Å². The molecule has 182 valence electrons. The van der Waals surface area contributed by atoms with Gasteiger partial charge in [0, 0.05) is 34.9 Å². The van der Waals surface area contributed by atoms with Crippen molar-refractivity contribution in [1.82, 2.24) is 4.98 Å². The summed E-state index contributed by atoms with van der Waals surface area (Å²) in [6, 6.07) is 28.3. The van der Waals surface area contributed by atoms with Crippen LogP contribution >= 0.6 is 0 Å². The van der Waals surface area contributed by atoms with E-state index < -0.39 is 18.6 Å². The fourth-order valence-electron chi connectivity index (χ4n) is 4.84. The minimum atomic E-state index is -2.56. The van der Waals surface area contributed by atoms with E-state index >= 15 is 0 Å². The highest BCUT2D eigenvalue weighted by Crippen LogP contribution is 2.40. The van der Waals surface area contributed by atoms with Crippen molar-refractivity contribution in [2.24, 2.45) is 5.41 Å². The molecule has 0 bridgehead atoms. The number of para-hydroxylation sites is 2. The van der Waals surface area contributed by atoms with Gasteiger partial charge in [-0.15, -0.1) is 0 Å². The number of aryl methyl sites for hydroxylation is 1.